The Kier molecular flexibility index (Phi) is 4.25. The summed E-state index contributed by atoms with van der Waals surface area (Å²) in [6, 6.07) is 7.73. The van der Waals surface area contributed by atoms with Crippen molar-refractivity contribution in [2.45, 2.75) is 43.4 Å². The average molecular weight is 350 g/mol. The molecule has 0 aliphatic heterocycles. The monoisotopic (exact) mass is 350 g/mol. The maximum atomic E-state index is 12.5. The van der Waals surface area contributed by atoms with E-state index in [1.807, 2.05) is 31.2 Å². The molecule has 2 aromatic rings. The topological polar surface area (TPSA) is 76.1 Å². The Hall–Kier alpha value is -1.73. The van der Waals surface area contributed by atoms with Crippen molar-refractivity contribution in [1.29, 1.82) is 0 Å². The number of aromatic nitrogens is 1. The van der Waals surface area contributed by atoms with Gasteiger partial charge in [0.2, 0.25) is 10.2 Å². The summed E-state index contributed by atoms with van der Waals surface area (Å²) in [7, 11) is -3.91. The maximum absolute atomic E-state index is 12.5. The van der Waals surface area contributed by atoms with Gasteiger partial charge in [-0.05, 0) is 44.2 Å². The summed E-state index contributed by atoms with van der Waals surface area (Å²) >= 11 is 1.08. The van der Waals surface area contributed by atoms with Gasteiger partial charge in [0.25, 0.3) is 10.0 Å². The standard InChI is InChI=1S/C16H18N2O3S2/c1-10-11(2)22-16(17-10)23(20,21)18-15(19)14-9-5-7-12-6-3-4-8-13(12)14/h3-4,6,8,14H,5,7,9H2,1-2H3,(H,18,19). The molecule has 1 atom stereocenters. The molecule has 0 saturated heterocycles. The molecule has 1 N–H and O–H groups in total. The van der Waals surface area contributed by atoms with Gasteiger partial charge in [0.05, 0.1) is 11.6 Å². The van der Waals surface area contributed by atoms with E-state index < -0.39 is 21.8 Å². The third-order valence-electron chi connectivity index (χ3n) is 4.16. The van der Waals surface area contributed by atoms with Crippen LogP contribution in [0.5, 0.6) is 0 Å². The molecular weight excluding hydrogens is 332 g/mol. The number of fused-ring (bicyclic) bond motifs is 1. The van der Waals surface area contributed by atoms with Crippen molar-refractivity contribution >= 4 is 27.3 Å². The first-order valence-corrected chi connectivity index (χ1v) is 9.77. The lowest BCUT2D eigenvalue weighted by molar-refractivity contribution is -0.121. The first-order valence-electron chi connectivity index (χ1n) is 7.47. The summed E-state index contributed by atoms with van der Waals surface area (Å²) in [4.78, 5) is 17.4. The summed E-state index contributed by atoms with van der Waals surface area (Å²) in [5.74, 6) is -0.889. The van der Waals surface area contributed by atoms with Gasteiger partial charge in [-0.3, -0.25) is 4.79 Å². The highest BCUT2D eigenvalue weighted by Gasteiger charge is 2.30. The molecule has 0 radical (unpaired) electrons. The number of rotatable bonds is 3. The van der Waals surface area contributed by atoms with Crippen LogP contribution < -0.4 is 4.72 Å². The Balaban J connectivity index is 1.85. The number of sulfonamides is 1. The van der Waals surface area contributed by atoms with Gasteiger partial charge in [0, 0.05) is 4.88 Å². The van der Waals surface area contributed by atoms with Crippen LogP contribution in [0.25, 0.3) is 0 Å². The Labute approximate surface area is 139 Å². The first-order chi connectivity index (χ1) is 10.9. The van der Waals surface area contributed by atoms with E-state index in [2.05, 4.69) is 9.71 Å². The van der Waals surface area contributed by atoms with Crippen molar-refractivity contribution in [3.8, 4) is 0 Å². The molecular formula is C16H18N2O3S2. The molecule has 0 saturated carbocycles. The normalized spacial score (nSPS) is 17.6. The molecule has 1 unspecified atom stereocenters. The van der Waals surface area contributed by atoms with E-state index in [0.29, 0.717) is 12.1 Å². The molecule has 1 amide bonds. The molecule has 1 aromatic carbocycles. The van der Waals surface area contributed by atoms with Crippen molar-refractivity contribution in [3.63, 3.8) is 0 Å². The van der Waals surface area contributed by atoms with Crippen LogP contribution in [-0.2, 0) is 21.2 Å². The summed E-state index contributed by atoms with van der Waals surface area (Å²) in [6.45, 7) is 3.56. The van der Waals surface area contributed by atoms with E-state index in [9.17, 15) is 13.2 Å². The van der Waals surface area contributed by atoms with Gasteiger partial charge in [-0.2, -0.15) is 8.42 Å². The number of carbonyl (C=O) groups excluding carboxylic acids is 1. The Morgan fingerprint density at radius 2 is 2.04 bits per heavy atom. The predicted octanol–water partition coefficient (Wildman–Crippen LogP) is 2.68. The van der Waals surface area contributed by atoms with Crippen LogP contribution in [0.3, 0.4) is 0 Å². The highest BCUT2D eigenvalue weighted by molar-refractivity contribution is 7.92. The number of nitrogens with one attached hydrogen (secondary N) is 1. The second kappa shape index (κ2) is 6.05. The minimum Gasteiger partial charge on any atom is -0.273 e. The minimum atomic E-state index is -3.91. The molecule has 1 aliphatic carbocycles. The molecule has 1 aliphatic rings. The lowest BCUT2D eigenvalue weighted by Crippen LogP contribution is -2.36. The van der Waals surface area contributed by atoms with Crippen LogP contribution in [0.2, 0.25) is 0 Å². The SMILES string of the molecule is Cc1nc(S(=O)(=O)NC(=O)C2CCCc3ccccc32)sc1C. The zero-order valence-corrected chi connectivity index (χ0v) is 14.6. The number of hydrogen-bond donors (Lipinski definition) is 1. The summed E-state index contributed by atoms with van der Waals surface area (Å²) in [5, 5.41) is 0. The summed E-state index contributed by atoms with van der Waals surface area (Å²) < 4.78 is 26.9. The molecule has 1 heterocycles. The lowest BCUT2D eigenvalue weighted by Gasteiger charge is -2.24. The van der Waals surface area contributed by atoms with Gasteiger partial charge in [0.1, 0.15) is 0 Å². The Morgan fingerprint density at radius 3 is 2.74 bits per heavy atom. The fraction of sp³-hybridized carbons (Fsp3) is 0.375. The number of nitrogens with zero attached hydrogens (tertiary/aromatic N) is 1. The molecule has 23 heavy (non-hydrogen) atoms. The number of thiazole rings is 1. The van der Waals surface area contributed by atoms with Crippen LogP contribution in [0.15, 0.2) is 28.6 Å². The Bertz CT molecular complexity index is 836. The van der Waals surface area contributed by atoms with Crippen LogP contribution in [0, 0.1) is 13.8 Å². The smallest absolute Gasteiger partial charge is 0.273 e. The number of carbonyl (C=O) groups is 1. The second-order valence-corrected chi connectivity index (χ2v) is 8.79. The van der Waals surface area contributed by atoms with E-state index in [4.69, 9.17) is 0 Å². The fourth-order valence-corrected chi connectivity index (χ4v) is 5.16. The zero-order valence-electron chi connectivity index (χ0n) is 13.0. The molecule has 3 rings (SSSR count). The third kappa shape index (κ3) is 3.16. The van der Waals surface area contributed by atoms with Crippen LogP contribution >= 0.6 is 11.3 Å². The molecule has 0 fully saturated rings. The second-order valence-electron chi connectivity index (χ2n) is 5.73. The van der Waals surface area contributed by atoms with Crippen molar-refractivity contribution in [2.24, 2.45) is 0 Å². The van der Waals surface area contributed by atoms with Gasteiger partial charge in [0.15, 0.2) is 0 Å². The molecule has 0 spiro atoms. The average Bonchev–Trinajstić information content (AvgIpc) is 2.86. The molecule has 122 valence electrons. The van der Waals surface area contributed by atoms with Crippen molar-refractivity contribution in [2.75, 3.05) is 0 Å². The number of aryl methyl sites for hydroxylation is 3. The van der Waals surface area contributed by atoms with Crippen LogP contribution in [-0.4, -0.2) is 19.3 Å². The van der Waals surface area contributed by atoms with Gasteiger partial charge in [-0.15, -0.1) is 11.3 Å². The summed E-state index contributed by atoms with van der Waals surface area (Å²) in [6.07, 6.45) is 2.47. The fourth-order valence-electron chi connectivity index (χ4n) is 2.83. The van der Waals surface area contributed by atoms with Crippen molar-refractivity contribution in [3.05, 3.63) is 46.0 Å². The van der Waals surface area contributed by atoms with Crippen LogP contribution in [0.4, 0.5) is 0 Å². The van der Waals surface area contributed by atoms with Gasteiger partial charge < -0.3 is 0 Å². The van der Waals surface area contributed by atoms with Crippen LogP contribution in [0.1, 0.15) is 40.5 Å². The molecule has 7 heteroatoms. The number of benzene rings is 1. The number of hydrogen-bond acceptors (Lipinski definition) is 5. The Morgan fingerprint density at radius 1 is 1.30 bits per heavy atom. The van der Waals surface area contributed by atoms with E-state index in [1.165, 1.54) is 0 Å². The largest absolute Gasteiger partial charge is 0.291 e. The van der Waals surface area contributed by atoms with Crippen molar-refractivity contribution in [1.82, 2.24) is 9.71 Å². The van der Waals surface area contributed by atoms with Crippen molar-refractivity contribution < 1.29 is 13.2 Å². The maximum Gasteiger partial charge on any atom is 0.291 e. The van der Waals surface area contributed by atoms with E-state index in [0.717, 1.165) is 40.2 Å². The highest BCUT2D eigenvalue weighted by atomic mass is 32.2. The first kappa shape index (κ1) is 16.1. The number of amides is 1. The lowest BCUT2D eigenvalue weighted by atomic mass is 9.82. The van der Waals surface area contributed by atoms with E-state index in [-0.39, 0.29) is 4.34 Å². The van der Waals surface area contributed by atoms with Gasteiger partial charge in [-0.1, -0.05) is 24.3 Å². The minimum absolute atomic E-state index is 0.0510. The quantitative estimate of drug-likeness (QED) is 0.923. The van der Waals surface area contributed by atoms with E-state index >= 15 is 0 Å². The van der Waals surface area contributed by atoms with Gasteiger partial charge >= 0.3 is 0 Å². The summed E-state index contributed by atoms with van der Waals surface area (Å²) in [5.41, 5.74) is 2.72. The molecule has 5 nitrogen and oxygen atoms in total. The molecule has 1 aromatic heterocycles. The predicted molar refractivity (Wildman–Crippen MR) is 89.0 cm³/mol. The molecule has 0 bridgehead atoms. The van der Waals surface area contributed by atoms with Gasteiger partial charge in [-0.25, -0.2) is 9.71 Å². The zero-order chi connectivity index (χ0) is 16.6. The van der Waals surface area contributed by atoms with E-state index in [1.54, 1.807) is 6.92 Å². The third-order valence-corrected chi connectivity index (χ3v) is 6.96. The highest BCUT2D eigenvalue weighted by Crippen LogP contribution is 2.32.